The van der Waals surface area contributed by atoms with Crippen molar-refractivity contribution in [2.24, 2.45) is 0 Å². The molecule has 17 heavy (non-hydrogen) atoms. The largest absolute Gasteiger partial charge is 0.301 e. The van der Waals surface area contributed by atoms with Gasteiger partial charge in [0.1, 0.15) is 0 Å². The fraction of sp³-hybridized carbons (Fsp3) is 0.0769. The van der Waals surface area contributed by atoms with Crippen molar-refractivity contribution in [2.75, 3.05) is 0 Å². The Morgan fingerprint density at radius 2 is 2.12 bits per heavy atom. The van der Waals surface area contributed by atoms with Crippen molar-refractivity contribution in [2.45, 2.75) is 6.92 Å². The molecular weight excluding hydrogens is 280 g/mol. The normalized spacial score (nSPS) is 9.94. The van der Waals surface area contributed by atoms with Crippen molar-refractivity contribution >= 4 is 22.2 Å². The molecule has 0 radical (unpaired) electrons. The summed E-state index contributed by atoms with van der Waals surface area (Å²) >= 11 is 3.40. The van der Waals surface area contributed by atoms with Gasteiger partial charge in [0.2, 0.25) is 0 Å². The van der Waals surface area contributed by atoms with E-state index in [1.165, 1.54) is 0 Å². The van der Waals surface area contributed by atoms with Gasteiger partial charge in [-0.05, 0) is 58.7 Å². The summed E-state index contributed by atoms with van der Waals surface area (Å²) in [5.41, 5.74) is 3.03. The van der Waals surface area contributed by atoms with Crippen LogP contribution in [0.15, 0.2) is 34.9 Å². The van der Waals surface area contributed by atoms with Crippen LogP contribution in [-0.4, -0.2) is 10.9 Å². The van der Waals surface area contributed by atoms with Crippen LogP contribution in [0.1, 0.15) is 21.6 Å². The molecule has 0 fully saturated rings. The summed E-state index contributed by atoms with van der Waals surface area (Å²) in [4.78, 5) is 11.0. The highest BCUT2D eigenvalue weighted by Gasteiger charge is 2.10. The molecule has 0 saturated carbocycles. The maximum absolute atomic E-state index is 11.0. The zero-order chi connectivity index (χ0) is 12.4. The molecule has 0 spiro atoms. The molecule has 0 aliphatic heterocycles. The zero-order valence-corrected chi connectivity index (χ0v) is 10.7. The molecule has 0 N–H and O–H groups in total. The highest BCUT2D eigenvalue weighted by molar-refractivity contribution is 9.10. The highest BCUT2D eigenvalue weighted by Crippen LogP contribution is 2.24. The lowest BCUT2D eigenvalue weighted by atomic mass is 10.1. The van der Waals surface area contributed by atoms with Gasteiger partial charge < -0.3 is 4.57 Å². The molecule has 84 valence electrons. The summed E-state index contributed by atoms with van der Waals surface area (Å²) in [7, 11) is 0. The van der Waals surface area contributed by atoms with Gasteiger partial charge >= 0.3 is 0 Å². The number of hydrogen-bond acceptors (Lipinski definition) is 2. The maximum atomic E-state index is 11.0. The van der Waals surface area contributed by atoms with Crippen molar-refractivity contribution < 1.29 is 4.79 Å². The van der Waals surface area contributed by atoms with Gasteiger partial charge in [0.25, 0.3) is 0 Å². The summed E-state index contributed by atoms with van der Waals surface area (Å²) in [6.07, 6.45) is 0.808. The first-order chi connectivity index (χ1) is 8.17. The van der Waals surface area contributed by atoms with E-state index in [2.05, 4.69) is 22.0 Å². The molecule has 1 heterocycles. The predicted molar refractivity (Wildman–Crippen MR) is 68.3 cm³/mol. The fourth-order valence-electron chi connectivity index (χ4n) is 1.75. The minimum Gasteiger partial charge on any atom is -0.301 e. The number of aromatic nitrogens is 1. The van der Waals surface area contributed by atoms with Crippen molar-refractivity contribution in [1.29, 1.82) is 5.26 Å². The Bertz CT molecular complexity index is 623. The van der Waals surface area contributed by atoms with Crippen LogP contribution in [0.25, 0.3) is 5.69 Å². The van der Waals surface area contributed by atoms with Crippen molar-refractivity contribution in [3.8, 4) is 11.8 Å². The summed E-state index contributed by atoms with van der Waals surface area (Å²) in [5.74, 6) is 0. The molecule has 1 aromatic heterocycles. The van der Waals surface area contributed by atoms with Crippen LogP contribution in [0.2, 0.25) is 0 Å². The number of carbonyl (C=O) groups is 1. The van der Waals surface area contributed by atoms with Gasteiger partial charge in [-0.1, -0.05) is 0 Å². The van der Waals surface area contributed by atoms with Crippen LogP contribution in [0.4, 0.5) is 0 Å². The van der Waals surface area contributed by atoms with E-state index in [0.29, 0.717) is 11.3 Å². The van der Waals surface area contributed by atoms with E-state index in [4.69, 9.17) is 5.26 Å². The number of aldehydes is 1. The summed E-state index contributed by atoms with van der Waals surface area (Å²) in [5, 5.41) is 8.82. The molecule has 0 saturated heterocycles. The SMILES string of the molecule is Cc1cc(C#N)ccc1-n1c(Br)ccc1C=O. The van der Waals surface area contributed by atoms with E-state index in [-0.39, 0.29) is 0 Å². The van der Waals surface area contributed by atoms with Gasteiger partial charge in [0.15, 0.2) is 6.29 Å². The number of benzene rings is 1. The number of halogens is 1. The summed E-state index contributed by atoms with van der Waals surface area (Å²) in [6, 6.07) is 11.0. The van der Waals surface area contributed by atoms with E-state index < -0.39 is 0 Å². The first-order valence-corrected chi connectivity index (χ1v) is 5.80. The summed E-state index contributed by atoms with van der Waals surface area (Å²) < 4.78 is 2.62. The lowest BCUT2D eigenvalue weighted by Crippen LogP contribution is -2.01. The van der Waals surface area contributed by atoms with Gasteiger partial charge in [0.05, 0.1) is 21.9 Å². The molecule has 0 atom stereocenters. The van der Waals surface area contributed by atoms with E-state index in [1.54, 1.807) is 18.2 Å². The third-order valence-corrected chi connectivity index (χ3v) is 3.17. The van der Waals surface area contributed by atoms with Crippen LogP contribution in [-0.2, 0) is 0 Å². The predicted octanol–water partition coefficient (Wildman–Crippen LogP) is 3.23. The second kappa shape index (κ2) is 4.56. The highest BCUT2D eigenvalue weighted by atomic mass is 79.9. The first kappa shape index (κ1) is 11.6. The van der Waals surface area contributed by atoms with Gasteiger partial charge in [-0.15, -0.1) is 0 Å². The number of aryl methyl sites for hydroxylation is 1. The molecule has 3 nitrogen and oxygen atoms in total. The Balaban J connectivity index is 2.65. The van der Waals surface area contributed by atoms with Crippen LogP contribution in [0, 0.1) is 18.3 Å². The van der Waals surface area contributed by atoms with Crippen LogP contribution < -0.4 is 0 Å². The Morgan fingerprint density at radius 3 is 2.71 bits per heavy atom. The van der Waals surface area contributed by atoms with Crippen LogP contribution in [0.3, 0.4) is 0 Å². The molecule has 2 rings (SSSR count). The van der Waals surface area contributed by atoms with Gasteiger partial charge in [-0.3, -0.25) is 4.79 Å². The van der Waals surface area contributed by atoms with Crippen LogP contribution >= 0.6 is 15.9 Å². The lowest BCUT2D eigenvalue weighted by Gasteiger charge is -2.11. The molecular formula is C13H9BrN2O. The third kappa shape index (κ3) is 2.02. The minimum absolute atomic E-state index is 0.574. The Kier molecular flexibility index (Phi) is 3.12. The molecule has 0 unspecified atom stereocenters. The number of rotatable bonds is 2. The zero-order valence-electron chi connectivity index (χ0n) is 9.14. The van der Waals surface area contributed by atoms with Crippen molar-refractivity contribution in [3.05, 3.63) is 51.8 Å². The van der Waals surface area contributed by atoms with E-state index >= 15 is 0 Å². The van der Waals surface area contributed by atoms with Crippen LogP contribution in [0.5, 0.6) is 0 Å². The number of nitriles is 1. The van der Waals surface area contributed by atoms with Gasteiger partial charge in [-0.25, -0.2) is 0 Å². The lowest BCUT2D eigenvalue weighted by molar-refractivity contribution is 0.111. The molecule has 2 aromatic rings. The smallest absolute Gasteiger partial charge is 0.166 e. The van der Waals surface area contributed by atoms with Crippen molar-refractivity contribution in [3.63, 3.8) is 0 Å². The number of carbonyl (C=O) groups excluding carboxylic acids is 1. The van der Waals surface area contributed by atoms with E-state index in [1.807, 2.05) is 23.6 Å². The standard InChI is InChI=1S/C13H9BrN2O/c1-9-6-10(7-15)2-4-12(9)16-11(8-17)3-5-13(16)14/h2-6,8H,1H3. The molecule has 0 aliphatic rings. The maximum Gasteiger partial charge on any atom is 0.166 e. The second-order valence-corrected chi connectivity index (χ2v) is 4.46. The Hall–Kier alpha value is -1.86. The molecule has 1 aromatic carbocycles. The quantitative estimate of drug-likeness (QED) is 0.797. The van der Waals surface area contributed by atoms with E-state index in [9.17, 15) is 4.79 Å². The Labute approximate surface area is 107 Å². The van der Waals surface area contributed by atoms with Gasteiger partial charge in [0, 0.05) is 5.69 Å². The molecule has 0 amide bonds. The van der Waals surface area contributed by atoms with E-state index in [0.717, 1.165) is 22.1 Å². The monoisotopic (exact) mass is 288 g/mol. The molecule has 0 aliphatic carbocycles. The topological polar surface area (TPSA) is 45.8 Å². The fourth-order valence-corrected chi connectivity index (χ4v) is 2.28. The number of nitrogens with zero attached hydrogens (tertiary/aromatic N) is 2. The first-order valence-electron chi connectivity index (χ1n) is 5.01. The third-order valence-electron chi connectivity index (χ3n) is 2.55. The molecule has 4 heteroatoms. The average molecular weight is 289 g/mol. The van der Waals surface area contributed by atoms with Gasteiger partial charge in [-0.2, -0.15) is 5.26 Å². The Morgan fingerprint density at radius 1 is 1.35 bits per heavy atom. The number of hydrogen-bond donors (Lipinski definition) is 0. The molecule has 0 bridgehead atoms. The average Bonchev–Trinajstić information content (AvgIpc) is 2.70. The summed E-state index contributed by atoms with van der Waals surface area (Å²) in [6.45, 7) is 1.91. The second-order valence-electron chi connectivity index (χ2n) is 3.65. The minimum atomic E-state index is 0.574. The van der Waals surface area contributed by atoms with Crippen molar-refractivity contribution in [1.82, 2.24) is 4.57 Å².